The number of amides is 1. The summed E-state index contributed by atoms with van der Waals surface area (Å²) in [6, 6.07) is 11.5. The topological polar surface area (TPSA) is 70.0 Å². The average Bonchev–Trinajstić information content (AvgIpc) is 3.37. The molecule has 0 radical (unpaired) electrons. The maximum Gasteiger partial charge on any atom is 0.285 e. The number of hydrogen-bond donors (Lipinski definition) is 0. The van der Waals surface area contributed by atoms with Gasteiger partial charge in [0.05, 0.1) is 6.54 Å². The molecular formula is C21H23N3O3S2. The number of benzene rings is 1. The molecule has 0 N–H and O–H groups in total. The lowest BCUT2D eigenvalue weighted by Crippen LogP contribution is -2.44. The summed E-state index contributed by atoms with van der Waals surface area (Å²) in [5, 5.41) is 2.05. The van der Waals surface area contributed by atoms with Gasteiger partial charge in [0.1, 0.15) is 4.90 Å². The van der Waals surface area contributed by atoms with Gasteiger partial charge in [0.25, 0.3) is 10.0 Å². The number of piperidine rings is 1. The van der Waals surface area contributed by atoms with E-state index in [-0.39, 0.29) is 16.7 Å². The number of rotatable bonds is 4. The first-order valence-corrected chi connectivity index (χ1v) is 12.4. The zero-order chi connectivity index (χ0) is 20.0. The summed E-state index contributed by atoms with van der Waals surface area (Å²) in [4.78, 5) is 18.8. The molecule has 2 fully saturated rings. The van der Waals surface area contributed by atoms with E-state index in [1.54, 1.807) is 23.5 Å². The molecule has 5 rings (SSSR count). The Labute approximate surface area is 174 Å². The molecule has 1 aromatic heterocycles. The molecule has 2 aliphatic heterocycles. The molecule has 152 valence electrons. The largest absolute Gasteiger partial charge is 0.355 e. The van der Waals surface area contributed by atoms with Crippen LogP contribution in [-0.2, 0) is 21.4 Å². The van der Waals surface area contributed by atoms with Gasteiger partial charge in [-0.25, -0.2) is 0 Å². The third-order valence-corrected chi connectivity index (χ3v) is 8.12. The summed E-state index contributed by atoms with van der Waals surface area (Å²) in [7, 11) is -3.61. The number of amidine groups is 1. The molecule has 3 heterocycles. The van der Waals surface area contributed by atoms with Gasteiger partial charge in [-0.3, -0.25) is 4.79 Å². The summed E-state index contributed by atoms with van der Waals surface area (Å²) in [6.07, 6.45) is 3.66. The normalized spacial score (nSPS) is 21.0. The molecule has 0 bridgehead atoms. The fourth-order valence-corrected chi connectivity index (χ4v) is 6.16. The minimum absolute atomic E-state index is 0.000617. The van der Waals surface area contributed by atoms with Gasteiger partial charge >= 0.3 is 0 Å². The lowest BCUT2D eigenvalue weighted by atomic mass is 9.94. The molecule has 29 heavy (non-hydrogen) atoms. The predicted octanol–water partition coefficient (Wildman–Crippen LogP) is 3.10. The van der Waals surface area contributed by atoms with Crippen molar-refractivity contribution >= 4 is 33.1 Å². The molecule has 2 aromatic rings. The molecule has 3 aliphatic rings. The van der Waals surface area contributed by atoms with Crippen LogP contribution < -0.4 is 0 Å². The first-order valence-electron chi connectivity index (χ1n) is 10.0. The second-order valence-corrected chi connectivity index (χ2v) is 10.5. The maximum absolute atomic E-state index is 13.2. The van der Waals surface area contributed by atoms with E-state index in [0.29, 0.717) is 37.1 Å². The van der Waals surface area contributed by atoms with Crippen LogP contribution in [-0.4, -0.2) is 49.1 Å². The van der Waals surface area contributed by atoms with E-state index in [2.05, 4.69) is 20.7 Å². The van der Waals surface area contributed by atoms with Crippen molar-refractivity contribution < 1.29 is 13.2 Å². The second kappa shape index (κ2) is 7.25. The molecule has 1 amide bonds. The predicted molar refractivity (Wildman–Crippen MR) is 112 cm³/mol. The average molecular weight is 430 g/mol. The molecule has 0 unspecified atom stereocenters. The number of carbonyl (C=O) groups excluding carboxylic acids is 1. The monoisotopic (exact) mass is 429 g/mol. The van der Waals surface area contributed by atoms with Crippen molar-refractivity contribution in [3.05, 3.63) is 52.2 Å². The highest BCUT2D eigenvalue weighted by Crippen LogP contribution is 2.34. The Morgan fingerprint density at radius 1 is 1.10 bits per heavy atom. The maximum atomic E-state index is 13.2. The minimum atomic E-state index is -3.61. The van der Waals surface area contributed by atoms with Crippen LogP contribution in [0.3, 0.4) is 0 Å². The van der Waals surface area contributed by atoms with Crippen molar-refractivity contribution in [3.8, 4) is 0 Å². The SMILES string of the molecule is O=C(C1CCN(C2=NS(=O)(=O)c3ccccc32)CC1)N(Cc1cccs1)C1CC1. The van der Waals surface area contributed by atoms with Crippen LogP contribution in [0.5, 0.6) is 0 Å². The molecule has 6 nitrogen and oxygen atoms in total. The van der Waals surface area contributed by atoms with Crippen LogP contribution in [0.4, 0.5) is 0 Å². The van der Waals surface area contributed by atoms with Crippen LogP contribution in [0.1, 0.15) is 36.1 Å². The Bertz CT molecular complexity index is 1050. The zero-order valence-corrected chi connectivity index (χ0v) is 17.7. The van der Waals surface area contributed by atoms with Gasteiger partial charge in [0, 0.05) is 35.5 Å². The van der Waals surface area contributed by atoms with Crippen LogP contribution >= 0.6 is 11.3 Å². The summed E-state index contributed by atoms with van der Waals surface area (Å²) in [5.41, 5.74) is 0.676. The van der Waals surface area contributed by atoms with Crippen molar-refractivity contribution in [2.45, 2.75) is 43.2 Å². The molecule has 1 aliphatic carbocycles. The second-order valence-electron chi connectivity index (χ2n) is 7.92. The van der Waals surface area contributed by atoms with Crippen LogP contribution in [0, 0.1) is 5.92 Å². The summed E-state index contributed by atoms with van der Waals surface area (Å²) >= 11 is 1.70. The van der Waals surface area contributed by atoms with Gasteiger partial charge in [-0.15, -0.1) is 15.7 Å². The number of thiophene rings is 1. The lowest BCUT2D eigenvalue weighted by molar-refractivity contribution is -0.138. The fraction of sp³-hybridized carbons (Fsp3) is 0.429. The Hall–Kier alpha value is -2.19. The zero-order valence-electron chi connectivity index (χ0n) is 16.0. The van der Waals surface area contributed by atoms with Gasteiger partial charge in [-0.2, -0.15) is 8.42 Å². The molecule has 1 saturated carbocycles. The molecule has 8 heteroatoms. The van der Waals surface area contributed by atoms with Crippen molar-refractivity contribution in [1.29, 1.82) is 0 Å². The third-order valence-electron chi connectivity index (χ3n) is 5.93. The molecule has 1 saturated heterocycles. The van der Waals surface area contributed by atoms with E-state index in [4.69, 9.17) is 0 Å². The van der Waals surface area contributed by atoms with E-state index < -0.39 is 10.0 Å². The van der Waals surface area contributed by atoms with Gasteiger partial charge < -0.3 is 9.80 Å². The highest BCUT2D eigenvalue weighted by atomic mass is 32.2. The highest BCUT2D eigenvalue weighted by molar-refractivity contribution is 7.90. The first-order chi connectivity index (χ1) is 14.0. The standard InChI is InChI=1S/C21H23N3O3S2/c25-21(24(16-7-8-16)14-17-4-3-13-28-17)15-9-11-23(12-10-15)20-18-5-1-2-6-19(18)29(26,27)22-20/h1-6,13,15-16H,7-12,14H2. The Morgan fingerprint density at radius 3 is 2.55 bits per heavy atom. The van der Waals surface area contributed by atoms with E-state index >= 15 is 0 Å². The lowest BCUT2D eigenvalue weighted by Gasteiger charge is -2.35. The van der Waals surface area contributed by atoms with Crippen LogP contribution in [0.25, 0.3) is 0 Å². The van der Waals surface area contributed by atoms with Gasteiger partial charge in [-0.05, 0) is 49.3 Å². The van der Waals surface area contributed by atoms with Crippen molar-refractivity contribution in [1.82, 2.24) is 9.80 Å². The molecule has 0 spiro atoms. The number of fused-ring (bicyclic) bond motifs is 1. The highest BCUT2D eigenvalue weighted by Gasteiger charge is 2.39. The van der Waals surface area contributed by atoms with Crippen molar-refractivity contribution in [3.63, 3.8) is 0 Å². The van der Waals surface area contributed by atoms with Gasteiger partial charge in [-0.1, -0.05) is 18.2 Å². The smallest absolute Gasteiger partial charge is 0.285 e. The van der Waals surface area contributed by atoms with E-state index in [1.165, 1.54) is 4.88 Å². The summed E-state index contributed by atoms with van der Waals surface area (Å²) < 4.78 is 28.7. The summed E-state index contributed by atoms with van der Waals surface area (Å²) in [6.45, 7) is 2.01. The van der Waals surface area contributed by atoms with E-state index in [1.807, 2.05) is 23.1 Å². The van der Waals surface area contributed by atoms with Crippen molar-refractivity contribution in [2.75, 3.05) is 13.1 Å². The Morgan fingerprint density at radius 2 is 1.86 bits per heavy atom. The Kier molecular flexibility index (Phi) is 4.70. The minimum Gasteiger partial charge on any atom is -0.355 e. The number of nitrogens with zero attached hydrogens (tertiary/aromatic N) is 3. The molecular weight excluding hydrogens is 406 g/mol. The van der Waals surface area contributed by atoms with Gasteiger partial charge in [0.15, 0.2) is 5.84 Å². The van der Waals surface area contributed by atoms with E-state index in [0.717, 1.165) is 25.7 Å². The fourth-order valence-electron chi connectivity index (χ4n) is 4.23. The van der Waals surface area contributed by atoms with Crippen LogP contribution in [0.15, 0.2) is 51.1 Å². The van der Waals surface area contributed by atoms with Crippen molar-refractivity contribution in [2.24, 2.45) is 10.3 Å². The van der Waals surface area contributed by atoms with E-state index in [9.17, 15) is 13.2 Å². The number of hydrogen-bond acceptors (Lipinski definition) is 5. The quantitative estimate of drug-likeness (QED) is 0.749. The number of sulfonamides is 1. The first kappa shape index (κ1) is 18.8. The summed E-state index contributed by atoms with van der Waals surface area (Å²) in [5.74, 6) is 0.784. The molecule has 0 atom stereocenters. The Balaban J connectivity index is 1.28. The number of carbonyl (C=O) groups is 1. The van der Waals surface area contributed by atoms with Crippen LogP contribution in [0.2, 0.25) is 0 Å². The molecule has 1 aromatic carbocycles. The third kappa shape index (κ3) is 3.59. The van der Waals surface area contributed by atoms with Gasteiger partial charge in [0.2, 0.25) is 5.91 Å². The number of likely N-dealkylation sites (tertiary alicyclic amines) is 1.